The van der Waals surface area contributed by atoms with Gasteiger partial charge in [0.1, 0.15) is 0 Å². The molecule has 0 saturated heterocycles. The Bertz CT molecular complexity index is 554. The molecule has 3 nitrogen and oxygen atoms in total. The molecule has 2 rings (SSSR count). The van der Waals surface area contributed by atoms with Crippen molar-refractivity contribution in [3.63, 3.8) is 0 Å². The first-order chi connectivity index (χ1) is 10.2. The van der Waals surface area contributed by atoms with Gasteiger partial charge in [0.25, 0.3) is 0 Å². The van der Waals surface area contributed by atoms with Gasteiger partial charge in [0.15, 0.2) is 0 Å². The summed E-state index contributed by atoms with van der Waals surface area (Å²) in [5.74, 6) is -0.0794. The standard InChI is InChI=1S/C18H22N2O/c1-2-16(14-9-5-3-6-10-14)18(21)20-13-17(19)15-11-7-4-8-12-15/h3-12,16-17H,2,13,19H2,1H3,(H,20,21). The molecule has 0 saturated carbocycles. The number of hydrogen-bond donors (Lipinski definition) is 2. The van der Waals surface area contributed by atoms with Crippen molar-refractivity contribution in [3.05, 3.63) is 71.8 Å². The van der Waals surface area contributed by atoms with Crippen molar-refractivity contribution < 1.29 is 4.79 Å². The fourth-order valence-electron chi connectivity index (χ4n) is 2.41. The van der Waals surface area contributed by atoms with Crippen LogP contribution >= 0.6 is 0 Å². The molecular weight excluding hydrogens is 260 g/mol. The van der Waals surface area contributed by atoms with Crippen LogP contribution in [-0.2, 0) is 4.79 Å². The zero-order valence-electron chi connectivity index (χ0n) is 12.3. The Morgan fingerprint density at radius 3 is 2.05 bits per heavy atom. The fraction of sp³-hybridized carbons (Fsp3) is 0.278. The largest absolute Gasteiger partial charge is 0.354 e. The molecule has 1 amide bonds. The summed E-state index contributed by atoms with van der Waals surface area (Å²) < 4.78 is 0. The van der Waals surface area contributed by atoms with Crippen LogP contribution in [0.15, 0.2) is 60.7 Å². The number of hydrogen-bond acceptors (Lipinski definition) is 2. The third-order valence-corrected chi connectivity index (χ3v) is 3.65. The van der Waals surface area contributed by atoms with E-state index in [4.69, 9.17) is 5.73 Å². The van der Waals surface area contributed by atoms with E-state index in [0.29, 0.717) is 6.54 Å². The van der Waals surface area contributed by atoms with Crippen LogP contribution in [0.3, 0.4) is 0 Å². The first-order valence-electron chi connectivity index (χ1n) is 7.35. The number of carbonyl (C=O) groups excluding carboxylic acids is 1. The van der Waals surface area contributed by atoms with Gasteiger partial charge in [0.05, 0.1) is 5.92 Å². The summed E-state index contributed by atoms with van der Waals surface area (Å²) in [6, 6.07) is 19.5. The van der Waals surface area contributed by atoms with Crippen molar-refractivity contribution in [2.75, 3.05) is 6.54 Å². The third-order valence-electron chi connectivity index (χ3n) is 3.65. The summed E-state index contributed by atoms with van der Waals surface area (Å²) in [7, 11) is 0. The van der Waals surface area contributed by atoms with E-state index in [1.165, 1.54) is 0 Å². The summed E-state index contributed by atoms with van der Waals surface area (Å²) in [5.41, 5.74) is 8.19. The lowest BCUT2D eigenvalue weighted by Crippen LogP contribution is -2.35. The second-order valence-electron chi connectivity index (χ2n) is 5.13. The van der Waals surface area contributed by atoms with E-state index >= 15 is 0 Å². The number of amides is 1. The first kappa shape index (κ1) is 15.3. The van der Waals surface area contributed by atoms with E-state index < -0.39 is 0 Å². The number of rotatable bonds is 6. The number of nitrogens with one attached hydrogen (secondary N) is 1. The van der Waals surface area contributed by atoms with Gasteiger partial charge in [-0.3, -0.25) is 4.79 Å². The summed E-state index contributed by atoms with van der Waals surface area (Å²) in [6.45, 7) is 2.47. The van der Waals surface area contributed by atoms with Crippen molar-refractivity contribution in [1.29, 1.82) is 0 Å². The average Bonchev–Trinajstić information content (AvgIpc) is 2.55. The molecule has 0 aliphatic carbocycles. The molecular formula is C18H22N2O. The Morgan fingerprint density at radius 1 is 1.00 bits per heavy atom. The Balaban J connectivity index is 1.94. The van der Waals surface area contributed by atoms with Crippen LogP contribution in [0.4, 0.5) is 0 Å². The van der Waals surface area contributed by atoms with E-state index in [-0.39, 0.29) is 17.9 Å². The zero-order valence-corrected chi connectivity index (χ0v) is 12.3. The Morgan fingerprint density at radius 2 is 1.52 bits per heavy atom. The molecule has 110 valence electrons. The normalized spacial score (nSPS) is 13.4. The Kier molecular flexibility index (Phi) is 5.52. The van der Waals surface area contributed by atoms with Crippen LogP contribution in [0.1, 0.15) is 36.4 Å². The van der Waals surface area contributed by atoms with Crippen molar-refractivity contribution in [2.24, 2.45) is 5.73 Å². The lowest BCUT2D eigenvalue weighted by atomic mass is 9.95. The predicted octanol–water partition coefficient (Wildman–Crippen LogP) is 3.00. The van der Waals surface area contributed by atoms with Crippen LogP contribution in [-0.4, -0.2) is 12.5 Å². The van der Waals surface area contributed by atoms with Crippen molar-refractivity contribution in [2.45, 2.75) is 25.3 Å². The third kappa shape index (κ3) is 4.17. The van der Waals surface area contributed by atoms with Gasteiger partial charge in [0, 0.05) is 12.6 Å². The van der Waals surface area contributed by atoms with Gasteiger partial charge in [0.2, 0.25) is 5.91 Å². The van der Waals surface area contributed by atoms with E-state index in [0.717, 1.165) is 17.5 Å². The minimum Gasteiger partial charge on any atom is -0.354 e. The van der Waals surface area contributed by atoms with Gasteiger partial charge in [-0.1, -0.05) is 67.6 Å². The second kappa shape index (κ2) is 7.60. The predicted molar refractivity (Wildman–Crippen MR) is 85.9 cm³/mol. The van der Waals surface area contributed by atoms with Gasteiger partial charge in [-0.05, 0) is 17.5 Å². The lowest BCUT2D eigenvalue weighted by Gasteiger charge is -2.18. The molecule has 2 aromatic carbocycles. The Labute approximate surface area is 126 Å². The van der Waals surface area contributed by atoms with E-state index in [1.54, 1.807) is 0 Å². The van der Waals surface area contributed by atoms with Crippen LogP contribution in [0.25, 0.3) is 0 Å². The molecule has 0 bridgehead atoms. The molecule has 0 aliphatic rings. The van der Waals surface area contributed by atoms with Crippen LogP contribution in [0.2, 0.25) is 0 Å². The summed E-state index contributed by atoms with van der Waals surface area (Å²) in [5, 5.41) is 2.97. The molecule has 21 heavy (non-hydrogen) atoms. The highest BCUT2D eigenvalue weighted by atomic mass is 16.1. The molecule has 3 N–H and O–H groups in total. The van der Waals surface area contributed by atoms with Gasteiger partial charge in [-0.25, -0.2) is 0 Å². The maximum Gasteiger partial charge on any atom is 0.227 e. The Hall–Kier alpha value is -2.13. The smallest absolute Gasteiger partial charge is 0.227 e. The highest BCUT2D eigenvalue weighted by Gasteiger charge is 2.18. The highest BCUT2D eigenvalue weighted by Crippen LogP contribution is 2.19. The SMILES string of the molecule is CCC(C(=O)NCC(N)c1ccccc1)c1ccccc1. The fourth-order valence-corrected chi connectivity index (χ4v) is 2.41. The summed E-state index contributed by atoms with van der Waals surface area (Å²) in [6.07, 6.45) is 0.774. The van der Waals surface area contributed by atoms with Gasteiger partial charge in [-0.15, -0.1) is 0 Å². The van der Waals surface area contributed by atoms with Crippen LogP contribution in [0.5, 0.6) is 0 Å². The second-order valence-corrected chi connectivity index (χ2v) is 5.13. The maximum atomic E-state index is 12.3. The molecule has 0 aromatic heterocycles. The number of nitrogens with two attached hydrogens (primary N) is 1. The van der Waals surface area contributed by atoms with Crippen molar-refractivity contribution in [1.82, 2.24) is 5.32 Å². The monoisotopic (exact) mass is 282 g/mol. The van der Waals surface area contributed by atoms with Crippen molar-refractivity contribution >= 4 is 5.91 Å². The molecule has 2 aromatic rings. The molecule has 0 fully saturated rings. The van der Waals surface area contributed by atoms with Crippen molar-refractivity contribution in [3.8, 4) is 0 Å². The molecule has 0 heterocycles. The van der Waals surface area contributed by atoms with Gasteiger partial charge < -0.3 is 11.1 Å². The number of benzene rings is 2. The summed E-state index contributed by atoms with van der Waals surface area (Å²) in [4.78, 5) is 12.3. The molecule has 0 radical (unpaired) electrons. The molecule has 0 aliphatic heterocycles. The molecule has 0 spiro atoms. The highest BCUT2D eigenvalue weighted by molar-refractivity contribution is 5.83. The van der Waals surface area contributed by atoms with E-state index in [2.05, 4.69) is 5.32 Å². The summed E-state index contributed by atoms with van der Waals surface area (Å²) >= 11 is 0. The lowest BCUT2D eigenvalue weighted by molar-refractivity contribution is -0.122. The first-order valence-corrected chi connectivity index (χ1v) is 7.35. The minimum atomic E-state index is -0.177. The van der Waals surface area contributed by atoms with Crippen LogP contribution < -0.4 is 11.1 Å². The quantitative estimate of drug-likeness (QED) is 0.855. The van der Waals surface area contributed by atoms with Gasteiger partial charge in [-0.2, -0.15) is 0 Å². The van der Waals surface area contributed by atoms with Gasteiger partial charge >= 0.3 is 0 Å². The van der Waals surface area contributed by atoms with Crippen LogP contribution in [0, 0.1) is 0 Å². The maximum absolute atomic E-state index is 12.3. The molecule has 2 atom stereocenters. The topological polar surface area (TPSA) is 55.1 Å². The number of carbonyl (C=O) groups is 1. The molecule has 3 heteroatoms. The van der Waals surface area contributed by atoms with E-state index in [1.807, 2.05) is 67.6 Å². The minimum absolute atomic E-state index is 0.0371. The van der Waals surface area contributed by atoms with E-state index in [9.17, 15) is 4.79 Å². The zero-order chi connectivity index (χ0) is 15.1. The average molecular weight is 282 g/mol. The molecule has 2 unspecified atom stereocenters.